The fraction of sp³-hybridized carbons (Fsp3) is 0.867. The molecule has 0 spiro atoms. The third-order valence-electron chi connectivity index (χ3n) is 5.16. The van der Waals surface area contributed by atoms with Gasteiger partial charge in [-0.05, 0) is 56.8 Å². The number of allylic oxidation sites excluding steroid dienone is 2. The van der Waals surface area contributed by atoms with Crippen molar-refractivity contribution in [3.8, 4) is 0 Å². The number of rotatable bonds is 4. The second-order valence-electron chi connectivity index (χ2n) is 6.06. The van der Waals surface area contributed by atoms with E-state index in [1.165, 1.54) is 11.1 Å². The molecule has 1 saturated carbocycles. The lowest BCUT2D eigenvalue weighted by Crippen LogP contribution is -2.34. The third-order valence-corrected chi connectivity index (χ3v) is 5.16. The molecule has 0 amide bonds. The van der Waals surface area contributed by atoms with Crippen LogP contribution in [0.4, 0.5) is 0 Å². The van der Waals surface area contributed by atoms with Gasteiger partial charge in [-0.25, -0.2) is 0 Å². The number of fused-ring (bicyclic) bond motifs is 1. The van der Waals surface area contributed by atoms with Crippen molar-refractivity contribution < 1.29 is 15.3 Å². The Hall–Kier alpha value is -0.380. The lowest BCUT2D eigenvalue weighted by molar-refractivity contribution is 0.0772. The van der Waals surface area contributed by atoms with E-state index in [0.717, 1.165) is 32.1 Å². The first kappa shape index (κ1) is 14.0. The minimum Gasteiger partial charge on any atom is -0.396 e. The molecule has 1 fully saturated rings. The van der Waals surface area contributed by atoms with E-state index in [0.29, 0.717) is 24.4 Å². The van der Waals surface area contributed by atoms with E-state index in [1.54, 1.807) is 0 Å². The highest BCUT2D eigenvalue weighted by Crippen LogP contribution is 2.46. The number of aliphatic hydroxyl groups excluding tert-OH is 3. The first-order valence-electron chi connectivity index (χ1n) is 7.22. The zero-order chi connectivity index (χ0) is 13.1. The normalized spacial score (nSPS) is 32.8. The maximum absolute atomic E-state index is 9.48. The Bertz CT molecular complexity index is 307. The summed E-state index contributed by atoms with van der Waals surface area (Å²) in [6.07, 6.45) is 5.42. The van der Waals surface area contributed by atoms with Crippen LogP contribution in [0.25, 0.3) is 0 Å². The molecule has 3 heteroatoms. The predicted octanol–water partition coefficient (Wildman–Crippen LogP) is 1.72. The molecule has 3 N–H and O–H groups in total. The number of aliphatic hydroxyl groups is 3. The van der Waals surface area contributed by atoms with Crippen LogP contribution >= 0.6 is 0 Å². The summed E-state index contributed by atoms with van der Waals surface area (Å²) in [7, 11) is 0. The summed E-state index contributed by atoms with van der Waals surface area (Å²) in [5, 5.41) is 28.1. The van der Waals surface area contributed by atoms with E-state index in [9.17, 15) is 15.3 Å². The molecule has 0 aromatic rings. The Morgan fingerprint density at radius 1 is 1.11 bits per heavy atom. The molecule has 0 aliphatic heterocycles. The van der Waals surface area contributed by atoms with Crippen molar-refractivity contribution >= 4 is 0 Å². The molecular formula is C15H26O3. The first-order chi connectivity index (χ1) is 8.71. The summed E-state index contributed by atoms with van der Waals surface area (Å²) >= 11 is 0. The first-order valence-corrected chi connectivity index (χ1v) is 7.22. The molecule has 0 aromatic carbocycles. The topological polar surface area (TPSA) is 60.7 Å². The van der Waals surface area contributed by atoms with Crippen molar-refractivity contribution in [2.75, 3.05) is 19.8 Å². The highest BCUT2D eigenvalue weighted by Gasteiger charge is 2.36. The van der Waals surface area contributed by atoms with Gasteiger partial charge in [0.05, 0.1) is 0 Å². The van der Waals surface area contributed by atoms with Gasteiger partial charge in [-0.2, -0.15) is 0 Å². The zero-order valence-corrected chi connectivity index (χ0v) is 11.3. The molecule has 18 heavy (non-hydrogen) atoms. The van der Waals surface area contributed by atoms with Crippen molar-refractivity contribution in [3.63, 3.8) is 0 Å². The molecule has 3 atom stereocenters. The lowest BCUT2D eigenvalue weighted by atomic mass is 9.64. The maximum Gasteiger partial charge on any atom is 0.0483 e. The molecule has 2 aliphatic rings. The van der Waals surface area contributed by atoms with E-state index in [1.807, 2.05) is 0 Å². The Morgan fingerprint density at radius 3 is 2.44 bits per heavy atom. The van der Waals surface area contributed by atoms with Crippen LogP contribution in [0.2, 0.25) is 0 Å². The van der Waals surface area contributed by atoms with Gasteiger partial charge in [0.1, 0.15) is 0 Å². The molecule has 2 rings (SSSR count). The van der Waals surface area contributed by atoms with Gasteiger partial charge >= 0.3 is 0 Å². The maximum atomic E-state index is 9.48. The highest BCUT2D eigenvalue weighted by atomic mass is 16.3. The average Bonchev–Trinajstić information content (AvgIpc) is 2.41. The number of hydrogen-bond acceptors (Lipinski definition) is 3. The predicted molar refractivity (Wildman–Crippen MR) is 71.0 cm³/mol. The minimum atomic E-state index is 0.0285. The molecule has 2 aliphatic carbocycles. The van der Waals surface area contributed by atoms with Crippen LogP contribution in [-0.2, 0) is 0 Å². The number of hydrogen-bond donors (Lipinski definition) is 3. The largest absolute Gasteiger partial charge is 0.396 e. The molecule has 0 radical (unpaired) electrons. The van der Waals surface area contributed by atoms with E-state index in [4.69, 9.17) is 0 Å². The molecule has 0 aromatic heterocycles. The minimum absolute atomic E-state index is 0.0285. The van der Waals surface area contributed by atoms with Gasteiger partial charge in [0.15, 0.2) is 0 Å². The second-order valence-corrected chi connectivity index (χ2v) is 6.06. The summed E-state index contributed by atoms with van der Waals surface area (Å²) in [5.41, 5.74) is 3.01. The van der Waals surface area contributed by atoms with Crippen LogP contribution in [0.3, 0.4) is 0 Å². The van der Waals surface area contributed by atoms with Crippen molar-refractivity contribution in [2.24, 2.45) is 23.7 Å². The summed E-state index contributed by atoms with van der Waals surface area (Å²) in [4.78, 5) is 0. The van der Waals surface area contributed by atoms with E-state index in [2.05, 4.69) is 6.92 Å². The van der Waals surface area contributed by atoms with Crippen LogP contribution in [-0.4, -0.2) is 35.1 Å². The summed E-state index contributed by atoms with van der Waals surface area (Å²) < 4.78 is 0. The Kier molecular flexibility index (Phi) is 4.82. The van der Waals surface area contributed by atoms with Crippen molar-refractivity contribution in [2.45, 2.75) is 39.0 Å². The van der Waals surface area contributed by atoms with E-state index < -0.39 is 0 Å². The SMILES string of the molecule is CC1=C2C[C@@H](C(CO)CO)CCC2C(CO)CC1. The molecule has 104 valence electrons. The molecular weight excluding hydrogens is 228 g/mol. The highest BCUT2D eigenvalue weighted by molar-refractivity contribution is 5.22. The van der Waals surface area contributed by atoms with Gasteiger partial charge in [-0.15, -0.1) is 0 Å². The zero-order valence-electron chi connectivity index (χ0n) is 11.3. The van der Waals surface area contributed by atoms with Gasteiger partial charge in [0, 0.05) is 25.7 Å². The van der Waals surface area contributed by atoms with Crippen molar-refractivity contribution in [1.29, 1.82) is 0 Å². The van der Waals surface area contributed by atoms with E-state index in [-0.39, 0.29) is 19.1 Å². The summed E-state index contributed by atoms with van der Waals surface area (Å²) in [6, 6.07) is 0. The van der Waals surface area contributed by atoms with Crippen LogP contribution in [0.15, 0.2) is 11.1 Å². The summed E-state index contributed by atoms with van der Waals surface area (Å²) in [6.45, 7) is 2.68. The van der Waals surface area contributed by atoms with Gasteiger partial charge in [0.25, 0.3) is 0 Å². The smallest absolute Gasteiger partial charge is 0.0483 e. The monoisotopic (exact) mass is 254 g/mol. The Morgan fingerprint density at radius 2 is 1.83 bits per heavy atom. The average molecular weight is 254 g/mol. The molecule has 0 bridgehead atoms. The molecule has 0 saturated heterocycles. The van der Waals surface area contributed by atoms with Crippen LogP contribution in [0.1, 0.15) is 39.0 Å². The van der Waals surface area contributed by atoms with Crippen LogP contribution in [0, 0.1) is 23.7 Å². The Balaban J connectivity index is 2.11. The molecule has 2 unspecified atom stereocenters. The Labute approximate surface area is 110 Å². The lowest BCUT2D eigenvalue weighted by Gasteiger charge is -2.41. The molecule has 3 nitrogen and oxygen atoms in total. The van der Waals surface area contributed by atoms with Gasteiger partial charge in [0.2, 0.25) is 0 Å². The second kappa shape index (κ2) is 6.18. The van der Waals surface area contributed by atoms with Gasteiger partial charge in [-0.3, -0.25) is 0 Å². The van der Waals surface area contributed by atoms with Crippen LogP contribution in [0.5, 0.6) is 0 Å². The van der Waals surface area contributed by atoms with Crippen molar-refractivity contribution in [3.05, 3.63) is 11.1 Å². The third kappa shape index (κ3) is 2.63. The van der Waals surface area contributed by atoms with Gasteiger partial charge in [-0.1, -0.05) is 11.1 Å². The fourth-order valence-corrected chi connectivity index (χ4v) is 3.86. The fourth-order valence-electron chi connectivity index (χ4n) is 3.86. The standard InChI is InChI=1S/C15H26O3/c1-10-2-3-12(7-16)14-5-4-11(6-15(10)14)13(8-17)9-18/h11-14,16-18H,2-9H2,1H3/t11-,12?,14?/m0/s1. The van der Waals surface area contributed by atoms with E-state index >= 15 is 0 Å². The van der Waals surface area contributed by atoms with Crippen LogP contribution < -0.4 is 0 Å². The summed E-state index contributed by atoms with van der Waals surface area (Å²) in [5.74, 6) is 1.43. The van der Waals surface area contributed by atoms with Gasteiger partial charge < -0.3 is 15.3 Å². The van der Waals surface area contributed by atoms with Crippen molar-refractivity contribution in [1.82, 2.24) is 0 Å². The molecule has 0 heterocycles. The quantitative estimate of drug-likeness (QED) is 0.670.